The molecule has 116 valence electrons. The number of hydrogen-bond acceptors (Lipinski definition) is 4. The van der Waals surface area contributed by atoms with Gasteiger partial charge in [0.25, 0.3) is 11.7 Å². The van der Waals surface area contributed by atoms with Crippen molar-refractivity contribution < 1.29 is 23.5 Å². The summed E-state index contributed by atoms with van der Waals surface area (Å²) >= 11 is 0. The Kier molecular flexibility index (Phi) is 3.65. The zero-order chi connectivity index (χ0) is 16.6. The fourth-order valence-corrected chi connectivity index (χ4v) is 2.49. The van der Waals surface area contributed by atoms with Crippen molar-refractivity contribution in [3.63, 3.8) is 0 Å². The number of anilines is 1. The van der Waals surface area contributed by atoms with Gasteiger partial charge >= 0.3 is 5.97 Å². The molecule has 0 N–H and O–H groups in total. The maximum absolute atomic E-state index is 13.8. The van der Waals surface area contributed by atoms with Crippen molar-refractivity contribution in [2.45, 2.75) is 6.54 Å². The molecule has 0 fully saturated rings. The van der Waals surface area contributed by atoms with Gasteiger partial charge in [-0.1, -0.05) is 18.2 Å². The standard InChI is InChI=1S/C17H12FNO4/c1-23-17(22)10-6-7-12-14(8-10)19(16(21)15(12)20)9-11-4-2-3-5-13(11)18/h2-8H,9H2,1H3. The van der Waals surface area contributed by atoms with Crippen LogP contribution < -0.4 is 4.90 Å². The molecule has 0 aliphatic carbocycles. The number of esters is 1. The molecule has 1 amide bonds. The molecule has 6 heteroatoms. The van der Waals surface area contributed by atoms with Crippen LogP contribution in [0.1, 0.15) is 26.3 Å². The van der Waals surface area contributed by atoms with Crippen LogP contribution in [-0.2, 0) is 16.1 Å². The molecule has 0 atom stereocenters. The van der Waals surface area contributed by atoms with Crippen LogP contribution in [0.4, 0.5) is 10.1 Å². The van der Waals surface area contributed by atoms with Crippen LogP contribution in [0.5, 0.6) is 0 Å². The molecule has 0 unspecified atom stereocenters. The average Bonchev–Trinajstić information content (AvgIpc) is 2.80. The maximum Gasteiger partial charge on any atom is 0.337 e. The van der Waals surface area contributed by atoms with Crippen molar-refractivity contribution in [2.75, 3.05) is 12.0 Å². The Labute approximate surface area is 131 Å². The third-order valence-corrected chi connectivity index (χ3v) is 3.68. The van der Waals surface area contributed by atoms with E-state index in [2.05, 4.69) is 4.74 Å². The molecule has 0 spiro atoms. The van der Waals surface area contributed by atoms with Gasteiger partial charge in [0.15, 0.2) is 0 Å². The Bertz CT molecular complexity index is 831. The minimum absolute atomic E-state index is 0.0884. The van der Waals surface area contributed by atoms with Gasteiger partial charge in [0.2, 0.25) is 0 Å². The molecular formula is C17H12FNO4. The molecule has 5 nitrogen and oxygen atoms in total. The number of ether oxygens (including phenoxy) is 1. The summed E-state index contributed by atoms with van der Waals surface area (Å²) in [6, 6.07) is 10.2. The van der Waals surface area contributed by atoms with Gasteiger partial charge < -0.3 is 9.64 Å². The smallest absolute Gasteiger partial charge is 0.337 e. The largest absolute Gasteiger partial charge is 0.465 e. The molecular weight excluding hydrogens is 301 g/mol. The first-order valence-corrected chi connectivity index (χ1v) is 6.85. The normalized spacial score (nSPS) is 13.2. The Balaban J connectivity index is 2.03. The Morgan fingerprint density at radius 1 is 1.17 bits per heavy atom. The molecule has 0 saturated carbocycles. The molecule has 0 saturated heterocycles. The van der Waals surface area contributed by atoms with Crippen molar-refractivity contribution in [3.8, 4) is 0 Å². The Morgan fingerprint density at radius 3 is 2.61 bits per heavy atom. The first kappa shape index (κ1) is 14.9. The molecule has 0 bridgehead atoms. The van der Waals surface area contributed by atoms with Gasteiger partial charge in [-0.05, 0) is 24.3 Å². The SMILES string of the molecule is COC(=O)c1ccc2c(c1)N(Cc1ccccc1F)C(=O)C2=O. The fourth-order valence-electron chi connectivity index (χ4n) is 2.49. The zero-order valence-electron chi connectivity index (χ0n) is 12.2. The molecule has 2 aromatic rings. The lowest BCUT2D eigenvalue weighted by Crippen LogP contribution is -2.29. The summed E-state index contributed by atoms with van der Waals surface area (Å²) in [7, 11) is 1.24. The summed E-state index contributed by atoms with van der Waals surface area (Å²) in [5.41, 5.74) is 0.974. The number of halogens is 1. The van der Waals surface area contributed by atoms with Gasteiger partial charge in [0.05, 0.1) is 30.5 Å². The molecule has 3 rings (SSSR count). The topological polar surface area (TPSA) is 63.7 Å². The molecule has 1 heterocycles. The highest BCUT2D eigenvalue weighted by atomic mass is 19.1. The monoisotopic (exact) mass is 313 g/mol. The number of fused-ring (bicyclic) bond motifs is 1. The number of carbonyl (C=O) groups is 3. The third-order valence-electron chi connectivity index (χ3n) is 3.68. The lowest BCUT2D eigenvalue weighted by molar-refractivity contribution is -0.114. The van der Waals surface area contributed by atoms with E-state index in [0.717, 1.165) is 0 Å². The summed E-state index contributed by atoms with van der Waals surface area (Å²) in [5.74, 6) is -2.46. The van der Waals surface area contributed by atoms with Gasteiger partial charge in [-0.3, -0.25) is 9.59 Å². The van der Waals surface area contributed by atoms with Gasteiger partial charge in [-0.2, -0.15) is 0 Å². The number of hydrogen-bond donors (Lipinski definition) is 0. The number of carbonyl (C=O) groups excluding carboxylic acids is 3. The minimum Gasteiger partial charge on any atom is -0.465 e. The number of methoxy groups -OCH3 is 1. The molecule has 0 radical (unpaired) electrons. The minimum atomic E-state index is -0.745. The van der Waals surface area contributed by atoms with Crippen molar-refractivity contribution in [1.82, 2.24) is 0 Å². The van der Waals surface area contributed by atoms with Gasteiger partial charge in [-0.25, -0.2) is 9.18 Å². The first-order valence-electron chi connectivity index (χ1n) is 6.85. The highest BCUT2D eigenvalue weighted by Gasteiger charge is 2.36. The van der Waals surface area contributed by atoms with E-state index in [4.69, 9.17) is 0 Å². The van der Waals surface area contributed by atoms with Crippen LogP contribution >= 0.6 is 0 Å². The van der Waals surface area contributed by atoms with Crippen LogP contribution in [0, 0.1) is 5.82 Å². The quantitative estimate of drug-likeness (QED) is 0.644. The van der Waals surface area contributed by atoms with Crippen molar-refractivity contribution in [3.05, 3.63) is 65.0 Å². The van der Waals surface area contributed by atoms with E-state index in [1.54, 1.807) is 12.1 Å². The van der Waals surface area contributed by atoms with Crippen LogP contribution in [0.25, 0.3) is 0 Å². The molecule has 1 aliphatic heterocycles. The fraction of sp³-hybridized carbons (Fsp3) is 0.118. The number of Topliss-reactive ketones (excluding diaryl/α,β-unsaturated/α-hetero) is 1. The van der Waals surface area contributed by atoms with Crippen LogP contribution in [0.3, 0.4) is 0 Å². The van der Waals surface area contributed by atoms with Crippen LogP contribution in [0.2, 0.25) is 0 Å². The molecule has 0 aromatic heterocycles. The van der Waals surface area contributed by atoms with E-state index in [1.165, 1.54) is 42.3 Å². The Hall–Kier alpha value is -3.02. The molecule has 23 heavy (non-hydrogen) atoms. The first-order chi connectivity index (χ1) is 11.0. The maximum atomic E-state index is 13.8. The van der Waals surface area contributed by atoms with E-state index in [1.807, 2.05) is 0 Å². The lowest BCUT2D eigenvalue weighted by atomic mass is 10.1. The van der Waals surface area contributed by atoms with Crippen LogP contribution in [0.15, 0.2) is 42.5 Å². The Morgan fingerprint density at radius 2 is 1.91 bits per heavy atom. The van der Waals surface area contributed by atoms with E-state index in [9.17, 15) is 18.8 Å². The average molecular weight is 313 g/mol. The number of benzene rings is 2. The summed E-state index contributed by atoms with van der Waals surface area (Å²) in [6.07, 6.45) is 0. The second-order valence-corrected chi connectivity index (χ2v) is 5.04. The third kappa shape index (κ3) is 2.48. The van der Waals surface area contributed by atoms with Crippen molar-refractivity contribution in [2.24, 2.45) is 0 Å². The van der Waals surface area contributed by atoms with E-state index < -0.39 is 23.5 Å². The number of nitrogens with zero attached hydrogens (tertiary/aromatic N) is 1. The highest BCUT2D eigenvalue weighted by Crippen LogP contribution is 2.31. The van der Waals surface area contributed by atoms with E-state index >= 15 is 0 Å². The summed E-state index contributed by atoms with van der Waals surface area (Å²) < 4.78 is 18.4. The number of ketones is 1. The molecule has 1 aliphatic rings. The summed E-state index contributed by atoms with van der Waals surface area (Å²) in [5, 5.41) is 0. The van der Waals surface area contributed by atoms with Crippen LogP contribution in [-0.4, -0.2) is 24.8 Å². The predicted molar refractivity (Wildman–Crippen MR) is 79.7 cm³/mol. The number of rotatable bonds is 3. The second kappa shape index (κ2) is 5.64. The van der Waals surface area contributed by atoms with Gasteiger partial charge in [0.1, 0.15) is 5.82 Å². The predicted octanol–water partition coefficient (Wildman–Crippen LogP) is 2.34. The second-order valence-electron chi connectivity index (χ2n) is 5.04. The zero-order valence-corrected chi connectivity index (χ0v) is 12.2. The van der Waals surface area contributed by atoms with E-state index in [0.29, 0.717) is 0 Å². The number of amides is 1. The molecule has 2 aromatic carbocycles. The highest BCUT2D eigenvalue weighted by molar-refractivity contribution is 6.52. The van der Waals surface area contributed by atoms with Crippen molar-refractivity contribution >= 4 is 23.3 Å². The lowest BCUT2D eigenvalue weighted by Gasteiger charge is -2.17. The van der Waals surface area contributed by atoms with Crippen molar-refractivity contribution in [1.29, 1.82) is 0 Å². The summed E-state index contributed by atoms with van der Waals surface area (Å²) in [4.78, 5) is 37.0. The van der Waals surface area contributed by atoms with E-state index in [-0.39, 0.29) is 28.9 Å². The summed E-state index contributed by atoms with van der Waals surface area (Å²) in [6.45, 7) is -0.0884. The van der Waals surface area contributed by atoms with Gasteiger partial charge in [-0.15, -0.1) is 0 Å². The van der Waals surface area contributed by atoms with Gasteiger partial charge in [0, 0.05) is 5.56 Å².